The molecule has 3 aliphatic rings. The van der Waals surface area contributed by atoms with E-state index in [2.05, 4.69) is 5.32 Å². The van der Waals surface area contributed by atoms with E-state index in [1.165, 1.54) is 6.42 Å². The van der Waals surface area contributed by atoms with Crippen molar-refractivity contribution < 1.29 is 14.3 Å². The number of likely N-dealkylation sites (tertiary alicyclic amines) is 1. The van der Waals surface area contributed by atoms with E-state index >= 15 is 0 Å². The van der Waals surface area contributed by atoms with Crippen LogP contribution < -0.4 is 10.1 Å². The van der Waals surface area contributed by atoms with Crippen LogP contribution in [0.25, 0.3) is 0 Å². The van der Waals surface area contributed by atoms with Crippen LogP contribution >= 0.6 is 0 Å². The number of carbonyl (C=O) groups is 2. The molecular weight excluding hydrogens is 340 g/mol. The molecule has 0 bridgehead atoms. The molecule has 5 nitrogen and oxygen atoms in total. The van der Waals surface area contributed by atoms with Crippen molar-refractivity contribution in [3.63, 3.8) is 0 Å². The molecule has 1 aliphatic heterocycles. The van der Waals surface area contributed by atoms with Gasteiger partial charge in [0.1, 0.15) is 5.75 Å². The monoisotopic (exact) mass is 370 g/mol. The first kappa shape index (κ1) is 18.3. The normalized spacial score (nSPS) is 28.0. The number of carbonyl (C=O) groups excluding carboxylic acids is 2. The number of para-hydroxylation sites is 1. The molecule has 4 rings (SSSR count). The summed E-state index contributed by atoms with van der Waals surface area (Å²) in [6.45, 7) is 2.33. The van der Waals surface area contributed by atoms with Crippen molar-refractivity contribution in [1.82, 2.24) is 10.2 Å². The summed E-state index contributed by atoms with van der Waals surface area (Å²) < 4.78 is 5.94. The van der Waals surface area contributed by atoms with E-state index in [1.54, 1.807) is 0 Å². The van der Waals surface area contributed by atoms with Gasteiger partial charge in [-0.1, -0.05) is 18.2 Å². The molecule has 1 aromatic rings. The summed E-state index contributed by atoms with van der Waals surface area (Å²) in [5.74, 6) is 1.61. The summed E-state index contributed by atoms with van der Waals surface area (Å²) in [6, 6.07) is 9.77. The molecule has 0 aromatic heterocycles. The highest BCUT2D eigenvalue weighted by Gasteiger charge is 2.43. The molecule has 2 saturated carbocycles. The maximum absolute atomic E-state index is 13.1. The summed E-state index contributed by atoms with van der Waals surface area (Å²) >= 11 is 0. The van der Waals surface area contributed by atoms with Crippen molar-refractivity contribution in [2.45, 2.75) is 51.0 Å². The predicted octanol–water partition coefficient (Wildman–Crippen LogP) is 3.00. The Morgan fingerprint density at radius 3 is 2.48 bits per heavy atom. The quantitative estimate of drug-likeness (QED) is 0.837. The van der Waals surface area contributed by atoms with Crippen LogP contribution in [0.2, 0.25) is 0 Å². The Labute approximate surface area is 161 Å². The molecule has 3 fully saturated rings. The lowest BCUT2D eigenvalue weighted by Crippen LogP contribution is -2.47. The zero-order valence-corrected chi connectivity index (χ0v) is 15.9. The van der Waals surface area contributed by atoms with E-state index in [1.807, 2.05) is 35.2 Å². The van der Waals surface area contributed by atoms with Gasteiger partial charge in [-0.05, 0) is 63.0 Å². The van der Waals surface area contributed by atoms with Crippen LogP contribution in [-0.2, 0) is 9.59 Å². The molecule has 1 N–H and O–H groups in total. The number of amides is 2. The Bertz CT molecular complexity index is 653. The molecule has 1 saturated heterocycles. The fourth-order valence-corrected chi connectivity index (χ4v) is 4.44. The van der Waals surface area contributed by atoms with Gasteiger partial charge in [-0.15, -0.1) is 0 Å². The summed E-state index contributed by atoms with van der Waals surface area (Å²) in [5, 5.41) is 3.20. The highest BCUT2D eigenvalue weighted by molar-refractivity contribution is 5.84. The largest absolute Gasteiger partial charge is 0.493 e. The van der Waals surface area contributed by atoms with Crippen LogP contribution in [0.1, 0.15) is 44.9 Å². The Morgan fingerprint density at radius 1 is 1.04 bits per heavy atom. The molecule has 27 heavy (non-hydrogen) atoms. The molecule has 2 amide bonds. The standard InChI is InChI=1S/C22H30N2O3/c25-21(17-9-10-17)23-20-14-16(15-27-18-7-3-1-4-8-18)13-19(20)22(26)24-11-5-2-6-12-24/h1,3-4,7-8,16-17,19-20H,2,5-6,9-15H2,(H,23,25)/t16-,19-,20-/m1/s1. The summed E-state index contributed by atoms with van der Waals surface area (Å²) in [7, 11) is 0. The second-order valence-electron chi connectivity index (χ2n) is 8.34. The Kier molecular flexibility index (Phi) is 5.65. The van der Waals surface area contributed by atoms with E-state index in [-0.39, 0.29) is 29.7 Å². The molecule has 0 radical (unpaired) electrons. The Balaban J connectivity index is 1.39. The second-order valence-corrected chi connectivity index (χ2v) is 8.34. The Morgan fingerprint density at radius 2 is 1.78 bits per heavy atom. The smallest absolute Gasteiger partial charge is 0.227 e. The highest BCUT2D eigenvalue weighted by Crippen LogP contribution is 2.36. The summed E-state index contributed by atoms with van der Waals surface area (Å²) in [4.78, 5) is 27.5. The highest BCUT2D eigenvalue weighted by atomic mass is 16.5. The molecule has 5 heteroatoms. The minimum absolute atomic E-state index is 0.0445. The minimum Gasteiger partial charge on any atom is -0.493 e. The van der Waals surface area contributed by atoms with Gasteiger partial charge >= 0.3 is 0 Å². The van der Waals surface area contributed by atoms with Gasteiger partial charge in [-0.25, -0.2) is 0 Å². The molecule has 1 aromatic carbocycles. The third-order valence-corrected chi connectivity index (χ3v) is 6.15. The third-order valence-electron chi connectivity index (χ3n) is 6.15. The number of rotatable bonds is 6. The lowest BCUT2D eigenvalue weighted by molar-refractivity contribution is -0.137. The number of benzene rings is 1. The summed E-state index contributed by atoms with van der Waals surface area (Å²) in [6.07, 6.45) is 7.01. The van der Waals surface area contributed by atoms with Crippen molar-refractivity contribution in [1.29, 1.82) is 0 Å². The molecule has 146 valence electrons. The average Bonchev–Trinajstić information content (AvgIpc) is 3.49. The van der Waals surface area contributed by atoms with Gasteiger partial charge in [-0.3, -0.25) is 9.59 Å². The van der Waals surface area contributed by atoms with E-state index in [4.69, 9.17) is 4.74 Å². The summed E-state index contributed by atoms with van der Waals surface area (Å²) in [5.41, 5.74) is 0. The van der Waals surface area contributed by atoms with Gasteiger partial charge in [0.25, 0.3) is 0 Å². The number of nitrogens with one attached hydrogen (secondary N) is 1. The first-order valence-electron chi connectivity index (χ1n) is 10.5. The van der Waals surface area contributed by atoms with Crippen molar-refractivity contribution >= 4 is 11.8 Å². The topological polar surface area (TPSA) is 58.6 Å². The van der Waals surface area contributed by atoms with E-state index in [0.29, 0.717) is 12.5 Å². The van der Waals surface area contributed by atoms with Crippen molar-refractivity contribution in [3.8, 4) is 5.75 Å². The first-order chi connectivity index (χ1) is 13.2. The average molecular weight is 370 g/mol. The van der Waals surface area contributed by atoms with Gasteiger partial charge in [-0.2, -0.15) is 0 Å². The van der Waals surface area contributed by atoms with Crippen LogP contribution in [0.3, 0.4) is 0 Å². The van der Waals surface area contributed by atoms with Crippen LogP contribution in [-0.4, -0.2) is 42.5 Å². The maximum Gasteiger partial charge on any atom is 0.227 e. The third kappa shape index (κ3) is 4.63. The number of hydrogen-bond donors (Lipinski definition) is 1. The van der Waals surface area contributed by atoms with Crippen molar-refractivity contribution in [2.24, 2.45) is 17.8 Å². The molecule has 0 unspecified atom stereocenters. The molecule has 0 spiro atoms. The maximum atomic E-state index is 13.1. The fraction of sp³-hybridized carbons (Fsp3) is 0.636. The molecular formula is C22H30N2O3. The van der Waals surface area contributed by atoms with Crippen LogP contribution in [0.5, 0.6) is 5.75 Å². The molecule has 3 atom stereocenters. The zero-order chi connectivity index (χ0) is 18.6. The zero-order valence-electron chi connectivity index (χ0n) is 15.9. The first-order valence-corrected chi connectivity index (χ1v) is 10.5. The number of piperidine rings is 1. The van der Waals surface area contributed by atoms with Crippen LogP contribution in [0.4, 0.5) is 0 Å². The second kappa shape index (κ2) is 8.32. The number of hydrogen-bond acceptors (Lipinski definition) is 3. The number of nitrogens with zero attached hydrogens (tertiary/aromatic N) is 1. The van der Waals surface area contributed by atoms with Crippen LogP contribution in [0, 0.1) is 17.8 Å². The van der Waals surface area contributed by atoms with E-state index < -0.39 is 0 Å². The fourth-order valence-electron chi connectivity index (χ4n) is 4.44. The molecule has 2 aliphatic carbocycles. The van der Waals surface area contributed by atoms with Gasteiger partial charge < -0.3 is 15.0 Å². The lowest BCUT2D eigenvalue weighted by atomic mass is 9.99. The van der Waals surface area contributed by atoms with Gasteiger partial charge in [0, 0.05) is 25.0 Å². The van der Waals surface area contributed by atoms with E-state index in [0.717, 1.165) is 57.4 Å². The minimum atomic E-state index is -0.102. The van der Waals surface area contributed by atoms with Gasteiger partial charge in [0.2, 0.25) is 11.8 Å². The molecule has 1 heterocycles. The van der Waals surface area contributed by atoms with Crippen LogP contribution in [0.15, 0.2) is 30.3 Å². The predicted molar refractivity (Wildman–Crippen MR) is 103 cm³/mol. The van der Waals surface area contributed by atoms with Crippen molar-refractivity contribution in [3.05, 3.63) is 30.3 Å². The number of ether oxygens (including phenoxy) is 1. The van der Waals surface area contributed by atoms with E-state index in [9.17, 15) is 9.59 Å². The lowest BCUT2D eigenvalue weighted by Gasteiger charge is -2.31. The van der Waals surface area contributed by atoms with Gasteiger partial charge in [0.15, 0.2) is 0 Å². The SMILES string of the molecule is O=C(N[C@@H]1C[C@H](COc2ccccc2)C[C@H]1C(=O)N1CCCCC1)C1CC1. The Hall–Kier alpha value is -2.04. The van der Waals surface area contributed by atoms with Gasteiger partial charge in [0.05, 0.1) is 12.5 Å². The van der Waals surface area contributed by atoms with Crippen molar-refractivity contribution in [2.75, 3.05) is 19.7 Å².